The molecule has 1 unspecified atom stereocenters. The highest BCUT2D eigenvalue weighted by atomic mass is 79.9. The van der Waals surface area contributed by atoms with Gasteiger partial charge in [0.25, 0.3) is 0 Å². The Kier molecular flexibility index (Phi) is 3.64. The van der Waals surface area contributed by atoms with Crippen LogP contribution >= 0.6 is 15.9 Å². The first kappa shape index (κ1) is 12.3. The maximum Gasteiger partial charge on any atom is 0.181 e. The summed E-state index contributed by atoms with van der Waals surface area (Å²) in [6, 6.07) is 5.74. The molecule has 17 heavy (non-hydrogen) atoms. The lowest BCUT2D eigenvalue weighted by atomic mass is 10.0. The molecule has 2 rings (SSSR count). The van der Waals surface area contributed by atoms with Gasteiger partial charge in [0.15, 0.2) is 5.78 Å². The van der Waals surface area contributed by atoms with Gasteiger partial charge in [0, 0.05) is 27.1 Å². The van der Waals surface area contributed by atoms with Crippen LogP contribution < -0.4 is 5.32 Å². The van der Waals surface area contributed by atoms with Crippen molar-refractivity contribution in [1.29, 1.82) is 0 Å². The van der Waals surface area contributed by atoms with Crippen molar-refractivity contribution in [2.75, 3.05) is 6.54 Å². The minimum absolute atomic E-state index is 0.125. The van der Waals surface area contributed by atoms with Crippen molar-refractivity contribution in [3.05, 3.63) is 34.4 Å². The van der Waals surface area contributed by atoms with E-state index in [0.29, 0.717) is 0 Å². The number of nitrogens with one attached hydrogen (secondary N) is 2. The van der Waals surface area contributed by atoms with Gasteiger partial charge < -0.3 is 10.3 Å². The zero-order valence-electron chi connectivity index (χ0n) is 9.88. The summed E-state index contributed by atoms with van der Waals surface area (Å²) >= 11 is 3.42. The molecule has 2 N–H and O–H groups in total. The summed E-state index contributed by atoms with van der Waals surface area (Å²) in [5.41, 5.74) is 1.73. The Morgan fingerprint density at radius 3 is 3.00 bits per heavy atom. The van der Waals surface area contributed by atoms with Gasteiger partial charge in [-0.25, -0.2) is 0 Å². The molecular weight excluding hydrogens is 280 g/mol. The monoisotopic (exact) mass is 294 g/mol. The van der Waals surface area contributed by atoms with E-state index in [1.165, 1.54) is 0 Å². The van der Waals surface area contributed by atoms with Crippen LogP contribution in [0.5, 0.6) is 0 Å². The molecular formula is C13H15BrN2O. The van der Waals surface area contributed by atoms with Gasteiger partial charge in [0.1, 0.15) is 0 Å². The normalized spacial score (nSPS) is 12.9. The average Bonchev–Trinajstić information content (AvgIpc) is 2.71. The Balaban J connectivity index is 2.39. The van der Waals surface area contributed by atoms with Crippen LogP contribution in [0.4, 0.5) is 0 Å². The second kappa shape index (κ2) is 5.02. The van der Waals surface area contributed by atoms with Crippen LogP contribution in [-0.2, 0) is 0 Å². The van der Waals surface area contributed by atoms with E-state index >= 15 is 0 Å². The smallest absolute Gasteiger partial charge is 0.181 e. The molecule has 0 aliphatic rings. The molecule has 0 spiro atoms. The van der Waals surface area contributed by atoms with Gasteiger partial charge in [-0.2, -0.15) is 0 Å². The summed E-state index contributed by atoms with van der Waals surface area (Å²) < 4.78 is 1.01. The fourth-order valence-corrected chi connectivity index (χ4v) is 2.30. The number of aromatic amines is 1. The number of aromatic nitrogens is 1. The van der Waals surface area contributed by atoms with E-state index in [1.54, 1.807) is 6.20 Å². The topological polar surface area (TPSA) is 44.9 Å². The molecule has 1 aromatic heterocycles. The third-order valence-corrected chi connectivity index (χ3v) is 3.31. The number of hydrogen-bond acceptors (Lipinski definition) is 2. The number of halogens is 1. The first-order valence-electron chi connectivity index (χ1n) is 5.67. The number of hydrogen-bond donors (Lipinski definition) is 2. The summed E-state index contributed by atoms with van der Waals surface area (Å²) in [4.78, 5) is 15.3. The van der Waals surface area contributed by atoms with Crippen LogP contribution in [0.2, 0.25) is 0 Å². The standard InChI is InChI=1S/C13H15BrN2O/c1-3-15-8(2)13(17)11-7-16-12-6-9(14)4-5-10(11)12/h4-8,15-16H,3H2,1-2H3. The van der Waals surface area contributed by atoms with Gasteiger partial charge in [-0.1, -0.05) is 28.9 Å². The Morgan fingerprint density at radius 2 is 2.29 bits per heavy atom. The van der Waals surface area contributed by atoms with Gasteiger partial charge in [0.05, 0.1) is 6.04 Å². The minimum atomic E-state index is -0.150. The van der Waals surface area contributed by atoms with Crippen LogP contribution in [0.25, 0.3) is 10.9 Å². The van der Waals surface area contributed by atoms with Gasteiger partial charge in [-0.3, -0.25) is 4.79 Å². The van der Waals surface area contributed by atoms with Crippen molar-refractivity contribution in [3.8, 4) is 0 Å². The van der Waals surface area contributed by atoms with Crippen molar-refractivity contribution in [2.24, 2.45) is 0 Å². The molecule has 0 radical (unpaired) electrons. The number of likely N-dealkylation sites (N-methyl/N-ethyl adjacent to an activating group) is 1. The molecule has 0 saturated heterocycles. The summed E-state index contributed by atoms with van der Waals surface area (Å²) in [6.07, 6.45) is 1.78. The van der Waals surface area contributed by atoms with Crippen molar-refractivity contribution < 1.29 is 4.79 Å². The molecule has 3 nitrogen and oxygen atoms in total. The van der Waals surface area contributed by atoms with Gasteiger partial charge >= 0.3 is 0 Å². The number of benzene rings is 1. The van der Waals surface area contributed by atoms with E-state index in [2.05, 4.69) is 26.2 Å². The first-order valence-corrected chi connectivity index (χ1v) is 6.47. The molecule has 0 aliphatic carbocycles. The second-order valence-corrected chi connectivity index (χ2v) is 4.95. The van der Waals surface area contributed by atoms with Crippen molar-refractivity contribution in [2.45, 2.75) is 19.9 Å². The SMILES string of the molecule is CCNC(C)C(=O)c1c[nH]c2cc(Br)ccc12. The second-order valence-electron chi connectivity index (χ2n) is 4.04. The van der Waals surface area contributed by atoms with Crippen LogP contribution in [0.3, 0.4) is 0 Å². The number of carbonyl (C=O) groups excluding carboxylic acids is 1. The van der Waals surface area contributed by atoms with Crippen LogP contribution in [0.15, 0.2) is 28.9 Å². The number of Topliss-reactive ketones (excluding diaryl/α,β-unsaturated/α-hetero) is 1. The lowest BCUT2D eigenvalue weighted by Gasteiger charge is -2.09. The fourth-order valence-electron chi connectivity index (χ4n) is 1.93. The molecule has 0 fully saturated rings. The van der Waals surface area contributed by atoms with Crippen molar-refractivity contribution in [1.82, 2.24) is 10.3 Å². The molecule has 1 heterocycles. The number of fused-ring (bicyclic) bond motifs is 1. The maximum absolute atomic E-state index is 12.2. The molecule has 0 saturated carbocycles. The van der Waals surface area contributed by atoms with Gasteiger partial charge in [-0.15, -0.1) is 0 Å². The summed E-state index contributed by atoms with van der Waals surface area (Å²) in [5, 5.41) is 4.11. The highest BCUT2D eigenvalue weighted by Crippen LogP contribution is 2.23. The van der Waals surface area contributed by atoms with Crippen molar-refractivity contribution >= 4 is 32.6 Å². The van der Waals surface area contributed by atoms with Crippen LogP contribution in [0.1, 0.15) is 24.2 Å². The molecule has 1 atom stereocenters. The molecule has 0 amide bonds. The zero-order chi connectivity index (χ0) is 12.4. The van der Waals surface area contributed by atoms with Crippen LogP contribution in [0, 0.1) is 0 Å². The first-order chi connectivity index (χ1) is 8.13. The Hall–Kier alpha value is -1.13. The summed E-state index contributed by atoms with van der Waals surface area (Å²) in [6.45, 7) is 4.68. The quantitative estimate of drug-likeness (QED) is 0.851. The minimum Gasteiger partial charge on any atom is -0.360 e. The van der Waals surface area contributed by atoms with Gasteiger partial charge in [-0.05, 0) is 25.6 Å². The third-order valence-electron chi connectivity index (χ3n) is 2.81. The Morgan fingerprint density at radius 1 is 1.53 bits per heavy atom. The van der Waals surface area contributed by atoms with E-state index < -0.39 is 0 Å². The van der Waals surface area contributed by atoms with Crippen LogP contribution in [-0.4, -0.2) is 23.4 Å². The Labute approximate surface area is 109 Å². The molecule has 1 aromatic carbocycles. The van der Waals surface area contributed by atoms with Crippen molar-refractivity contribution in [3.63, 3.8) is 0 Å². The zero-order valence-corrected chi connectivity index (χ0v) is 11.5. The summed E-state index contributed by atoms with van der Waals surface area (Å²) in [7, 11) is 0. The maximum atomic E-state index is 12.2. The van der Waals surface area contributed by atoms with E-state index in [9.17, 15) is 4.79 Å². The molecule has 90 valence electrons. The predicted octanol–water partition coefficient (Wildman–Crippen LogP) is 3.11. The number of ketones is 1. The summed E-state index contributed by atoms with van der Waals surface area (Å²) in [5.74, 6) is 0.125. The molecule has 4 heteroatoms. The predicted molar refractivity (Wildman–Crippen MR) is 73.5 cm³/mol. The average molecular weight is 295 g/mol. The molecule has 0 aliphatic heterocycles. The fraction of sp³-hybridized carbons (Fsp3) is 0.308. The Bertz CT molecular complexity index is 547. The number of rotatable bonds is 4. The molecule has 2 aromatic rings. The van der Waals surface area contributed by atoms with E-state index in [4.69, 9.17) is 0 Å². The van der Waals surface area contributed by atoms with Gasteiger partial charge in [0.2, 0.25) is 0 Å². The largest absolute Gasteiger partial charge is 0.360 e. The lowest BCUT2D eigenvalue weighted by molar-refractivity contribution is 0.0953. The highest BCUT2D eigenvalue weighted by Gasteiger charge is 2.17. The molecule has 0 bridgehead atoms. The lowest BCUT2D eigenvalue weighted by Crippen LogP contribution is -2.33. The number of H-pyrrole nitrogens is 1. The van der Waals surface area contributed by atoms with E-state index in [-0.39, 0.29) is 11.8 Å². The highest BCUT2D eigenvalue weighted by molar-refractivity contribution is 9.10. The third kappa shape index (κ3) is 2.42. The van der Waals surface area contributed by atoms with E-state index in [0.717, 1.165) is 27.5 Å². The van der Waals surface area contributed by atoms with E-state index in [1.807, 2.05) is 32.0 Å². The number of carbonyl (C=O) groups is 1.